The van der Waals surface area contributed by atoms with E-state index >= 15 is 0 Å². The molecule has 0 saturated carbocycles. The third-order valence-electron chi connectivity index (χ3n) is 4.46. The molecule has 1 heterocycles. The minimum Gasteiger partial charge on any atom is -0.503 e. The Labute approximate surface area is 172 Å². The standard InChI is InChI=1S/C20H19ClN2O6/c1-27-12-6-4-10(5-7-12)16-15(19(25)29-3)17(23-20(26)22-16)11-8-13(21)18(24)14(9-11)28-2/h4-9,17,24H,1-3H3,(H2,22,23,26). The zero-order chi connectivity index (χ0) is 21.1. The van der Waals surface area contributed by atoms with Gasteiger partial charge >= 0.3 is 12.0 Å². The average Bonchev–Trinajstić information content (AvgIpc) is 2.74. The summed E-state index contributed by atoms with van der Waals surface area (Å²) >= 11 is 6.10. The minimum atomic E-state index is -0.889. The molecule has 8 nitrogen and oxygen atoms in total. The molecule has 2 aromatic carbocycles. The molecule has 0 saturated heterocycles. The number of carbonyl (C=O) groups is 2. The minimum absolute atomic E-state index is 0.0161. The molecular formula is C20H19ClN2O6. The molecule has 0 aromatic heterocycles. The van der Waals surface area contributed by atoms with E-state index in [0.29, 0.717) is 16.9 Å². The maximum Gasteiger partial charge on any atom is 0.338 e. The number of esters is 1. The van der Waals surface area contributed by atoms with Crippen LogP contribution in [0.1, 0.15) is 17.2 Å². The van der Waals surface area contributed by atoms with Crippen LogP contribution in [0.15, 0.2) is 42.0 Å². The summed E-state index contributed by atoms with van der Waals surface area (Å²) in [5.74, 6) is -0.148. The number of urea groups is 1. The first-order valence-corrected chi connectivity index (χ1v) is 8.88. The molecule has 0 spiro atoms. The van der Waals surface area contributed by atoms with Crippen LogP contribution in [0.25, 0.3) is 5.70 Å². The van der Waals surface area contributed by atoms with Gasteiger partial charge in [-0.2, -0.15) is 0 Å². The van der Waals surface area contributed by atoms with E-state index in [1.807, 2.05) is 0 Å². The number of phenolic OH excluding ortho intramolecular Hbond substituents is 1. The molecule has 1 aliphatic rings. The quantitative estimate of drug-likeness (QED) is 0.644. The second-order valence-corrected chi connectivity index (χ2v) is 6.50. The summed E-state index contributed by atoms with van der Waals surface area (Å²) in [7, 11) is 4.16. The van der Waals surface area contributed by atoms with Gasteiger partial charge in [-0.3, -0.25) is 0 Å². The van der Waals surface area contributed by atoms with Crippen LogP contribution in [-0.2, 0) is 9.53 Å². The smallest absolute Gasteiger partial charge is 0.338 e. The topological polar surface area (TPSA) is 106 Å². The van der Waals surface area contributed by atoms with Crippen molar-refractivity contribution in [3.8, 4) is 17.2 Å². The van der Waals surface area contributed by atoms with Gasteiger partial charge in [-0.05, 0) is 47.5 Å². The van der Waals surface area contributed by atoms with Crippen LogP contribution in [0.3, 0.4) is 0 Å². The highest BCUT2D eigenvalue weighted by Gasteiger charge is 2.35. The van der Waals surface area contributed by atoms with Gasteiger partial charge in [0, 0.05) is 0 Å². The number of rotatable bonds is 5. The predicted octanol–water partition coefficient (Wildman–Crippen LogP) is 3.00. The summed E-state index contributed by atoms with van der Waals surface area (Å²) in [6.07, 6.45) is 0. The van der Waals surface area contributed by atoms with Gasteiger partial charge in [0.1, 0.15) is 5.75 Å². The van der Waals surface area contributed by atoms with Crippen molar-refractivity contribution in [1.29, 1.82) is 0 Å². The molecule has 152 valence electrons. The number of nitrogens with one attached hydrogen (secondary N) is 2. The number of aromatic hydroxyl groups is 1. The molecule has 0 fully saturated rings. The van der Waals surface area contributed by atoms with Gasteiger partial charge in [0.05, 0.1) is 43.7 Å². The van der Waals surface area contributed by atoms with Gasteiger partial charge in [0.15, 0.2) is 11.5 Å². The molecule has 1 atom stereocenters. The van der Waals surface area contributed by atoms with E-state index in [4.69, 9.17) is 25.8 Å². The first-order chi connectivity index (χ1) is 13.9. The lowest BCUT2D eigenvalue weighted by molar-refractivity contribution is -0.136. The zero-order valence-electron chi connectivity index (χ0n) is 15.9. The summed E-state index contributed by atoms with van der Waals surface area (Å²) in [5, 5.41) is 15.4. The number of hydrogen-bond acceptors (Lipinski definition) is 6. The van der Waals surface area contributed by atoms with Crippen LogP contribution in [0.2, 0.25) is 5.02 Å². The van der Waals surface area contributed by atoms with E-state index < -0.39 is 18.0 Å². The maximum absolute atomic E-state index is 12.7. The Balaban J connectivity index is 2.20. The van der Waals surface area contributed by atoms with Crippen molar-refractivity contribution in [3.63, 3.8) is 0 Å². The second kappa shape index (κ2) is 8.32. The van der Waals surface area contributed by atoms with E-state index in [2.05, 4.69) is 10.6 Å². The van der Waals surface area contributed by atoms with Crippen molar-refractivity contribution in [2.75, 3.05) is 21.3 Å². The van der Waals surface area contributed by atoms with Crippen LogP contribution in [0, 0.1) is 0 Å². The van der Waals surface area contributed by atoms with Crippen molar-refractivity contribution >= 4 is 29.3 Å². The number of hydrogen-bond donors (Lipinski definition) is 3. The molecular weight excluding hydrogens is 400 g/mol. The van der Waals surface area contributed by atoms with Crippen LogP contribution in [-0.4, -0.2) is 38.4 Å². The summed E-state index contributed by atoms with van der Waals surface area (Å²) in [6.45, 7) is 0. The fourth-order valence-electron chi connectivity index (χ4n) is 3.05. The molecule has 0 bridgehead atoms. The molecule has 0 radical (unpaired) electrons. The van der Waals surface area contributed by atoms with Crippen molar-refractivity contribution in [2.45, 2.75) is 6.04 Å². The fourth-order valence-corrected chi connectivity index (χ4v) is 3.26. The van der Waals surface area contributed by atoms with Crippen molar-refractivity contribution < 1.29 is 28.9 Å². The van der Waals surface area contributed by atoms with E-state index in [-0.39, 0.29) is 27.8 Å². The van der Waals surface area contributed by atoms with Crippen molar-refractivity contribution in [3.05, 3.63) is 58.1 Å². The lowest BCUT2D eigenvalue weighted by atomic mass is 9.92. The summed E-state index contributed by atoms with van der Waals surface area (Å²) < 4.78 is 15.2. The monoisotopic (exact) mass is 418 g/mol. The van der Waals surface area contributed by atoms with E-state index in [1.54, 1.807) is 31.4 Å². The first kappa shape index (κ1) is 20.3. The van der Waals surface area contributed by atoms with Crippen LogP contribution < -0.4 is 20.1 Å². The molecule has 2 aromatic rings. The molecule has 1 unspecified atom stereocenters. The number of amides is 2. The molecule has 29 heavy (non-hydrogen) atoms. The van der Waals surface area contributed by atoms with Crippen molar-refractivity contribution in [1.82, 2.24) is 10.6 Å². The Morgan fingerprint density at radius 3 is 2.38 bits per heavy atom. The molecule has 3 N–H and O–H groups in total. The third-order valence-corrected chi connectivity index (χ3v) is 4.75. The van der Waals surface area contributed by atoms with Crippen LogP contribution >= 0.6 is 11.6 Å². The van der Waals surface area contributed by atoms with Crippen molar-refractivity contribution in [2.24, 2.45) is 0 Å². The molecule has 1 aliphatic heterocycles. The predicted molar refractivity (Wildman–Crippen MR) is 106 cm³/mol. The molecule has 9 heteroatoms. The summed E-state index contributed by atoms with van der Waals surface area (Å²) in [5.41, 5.74) is 1.48. The van der Waals surface area contributed by atoms with Gasteiger partial charge in [0.25, 0.3) is 0 Å². The number of methoxy groups -OCH3 is 3. The van der Waals surface area contributed by atoms with E-state index in [1.165, 1.54) is 26.4 Å². The Kier molecular flexibility index (Phi) is 5.84. The van der Waals surface area contributed by atoms with Crippen LogP contribution in [0.4, 0.5) is 4.79 Å². The SMILES string of the molecule is COC(=O)C1=C(c2ccc(OC)cc2)NC(=O)NC1c1cc(Cl)c(O)c(OC)c1. The Bertz CT molecular complexity index is 987. The van der Waals surface area contributed by atoms with E-state index in [0.717, 1.165) is 0 Å². The van der Waals surface area contributed by atoms with Crippen LogP contribution in [0.5, 0.6) is 17.2 Å². The zero-order valence-corrected chi connectivity index (χ0v) is 16.7. The third kappa shape index (κ3) is 3.93. The highest BCUT2D eigenvalue weighted by molar-refractivity contribution is 6.32. The second-order valence-electron chi connectivity index (χ2n) is 6.09. The Hall–Kier alpha value is -3.39. The lowest BCUT2D eigenvalue weighted by Gasteiger charge is -2.29. The largest absolute Gasteiger partial charge is 0.503 e. The number of phenols is 1. The Morgan fingerprint density at radius 1 is 1.10 bits per heavy atom. The fraction of sp³-hybridized carbons (Fsp3) is 0.200. The van der Waals surface area contributed by atoms with Gasteiger partial charge in [-0.15, -0.1) is 0 Å². The average molecular weight is 419 g/mol. The summed E-state index contributed by atoms with van der Waals surface area (Å²) in [6, 6.07) is 8.38. The number of carbonyl (C=O) groups excluding carboxylic acids is 2. The number of ether oxygens (including phenoxy) is 3. The Morgan fingerprint density at radius 2 is 1.79 bits per heavy atom. The molecule has 2 amide bonds. The highest BCUT2D eigenvalue weighted by Crippen LogP contribution is 2.40. The molecule has 0 aliphatic carbocycles. The summed E-state index contributed by atoms with van der Waals surface area (Å²) in [4.78, 5) is 25.0. The number of benzene rings is 2. The van der Waals surface area contributed by atoms with E-state index in [9.17, 15) is 14.7 Å². The lowest BCUT2D eigenvalue weighted by Crippen LogP contribution is -2.45. The number of halogens is 1. The maximum atomic E-state index is 12.7. The normalized spacial score (nSPS) is 16.0. The van der Waals surface area contributed by atoms with Gasteiger partial charge in [-0.1, -0.05) is 11.6 Å². The van der Waals surface area contributed by atoms with Gasteiger partial charge in [0.2, 0.25) is 0 Å². The first-order valence-electron chi connectivity index (χ1n) is 8.50. The highest BCUT2D eigenvalue weighted by atomic mass is 35.5. The molecule has 3 rings (SSSR count). The van der Waals surface area contributed by atoms with Gasteiger partial charge in [-0.25, -0.2) is 9.59 Å². The van der Waals surface area contributed by atoms with Gasteiger partial charge < -0.3 is 30.0 Å².